The fraction of sp³-hybridized carbons (Fsp3) is 0. The van der Waals surface area contributed by atoms with Crippen LogP contribution < -0.4 is 9.68 Å². The molecule has 0 saturated carbocycles. The van der Waals surface area contributed by atoms with Crippen molar-refractivity contribution in [2.45, 2.75) is 0 Å². The Balaban J connectivity index is 1.86. The van der Waals surface area contributed by atoms with Gasteiger partial charge in [0.25, 0.3) is 0 Å². The molecule has 0 fully saturated rings. The third-order valence-electron chi connectivity index (χ3n) is 2.59. The fourth-order valence-electron chi connectivity index (χ4n) is 1.67. The van der Waals surface area contributed by atoms with E-state index >= 15 is 0 Å². The highest BCUT2D eigenvalue weighted by Crippen LogP contribution is 2.23. The summed E-state index contributed by atoms with van der Waals surface area (Å²) in [5, 5.41) is 0.544. The Labute approximate surface area is 122 Å². The van der Waals surface area contributed by atoms with Crippen molar-refractivity contribution in [3.05, 3.63) is 62.8 Å². The van der Waals surface area contributed by atoms with Crippen LogP contribution in [0.5, 0.6) is 5.75 Å². The summed E-state index contributed by atoms with van der Waals surface area (Å²) in [5.41, 5.74) is 0.794. The lowest BCUT2D eigenvalue weighted by molar-refractivity contribution is 0.0735. The molecule has 6 heteroatoms. The van der Waals surface area contributed by atoms with E-state index in [9.17, 15) is 9.59 Å². The van der Waals surface area contributed by atoms with Crippen LogP contribution in [0.25, 0.3) is 10.3 Å². The maximum absolute atomic E-state index is 11.9. The minimum Gasteiger partial charge on any atom is -0.423 e. The van der Waals surface area contributed by atoms with Gasteiger partial charge < -0.3 is 9.15 Å². The van der Waals surface area contributed by atoms with E-state index in [1.54, 1.807) is 36.4 Å². The number of ether oxygens (including phenoxy) is 1. The Bertz CT molecular complexity index is 832. The van der Waals surface area contributed by atoms with Gasteiger partial charge in [0.2, 0.25) is 0 Å². The molecule has 0 aliphatic carbocycles. The van der Waals surface area contributed by atoms with Crippen molar-refractivity contribution >= 4 is 39.2 Å². The predicted octanol–water partition coefficient (Wildman–Crippen LogP) is 3.73. The molecule has 0 N–H and O–H groups in total. The Morgan fingerprint density at radius 1 is 1.15 bits per heavy atom. The zero-order valence-corrected chi connectivity index (χ0v) is 11.5. The van der Waals surface area contributed by atoms with Crippen molar-refractivity contribution in [2.75, 3.05) is 0 Å². The lowest BCUT2D eigenvalue weighted by Crippen LogP contribution is -2.07. The molecule has 0 unspecified atom stereocenters. The van der Waals surface area contributed by atoms with E-state index in [0.717, 1.165) is 11.3 Å². The van der Waals surface area contributed by atoms with Gasteiger partial charge in [0.05, 0.1) is 10.3 Å². The first-order valence-electron chi connectivity index (χ1n) is 5.63. The number of benzene rings is 2. The molecular weight excluding hydrogens is 300 g/mol. The second-order valence-corrected chi connectivity index (χ2v) is 5.37. The molecule has 1 heterocycles. The standard InChI is InChI=1S/C14H7ClO4S/c15-9-3-1-8(2-4-9)13(16)18-10-5-6-12-11(7-10)19-14(17)20-12/h1-7H. The Kier molecular flexibility index (Phi) is 3.30. The molecule has 1 aromatic heterocycles. The molecule has 0 atom stereocenters. The molecule has 3 rings (SSSR count). The molecule has 100 valence electrons. The summed E-state index contributed by atoms with van der Waals surface area (Å²) < 4.78 is 10.9. The van der Waals surface area contributed by atoms with E-state index in [2.05, 4.69) is 0 Å². The van der Waals surface area contributed by atoms with Crippen LogP contribution in [0.2, 0.25) is 5.02 Å². The highest BCUT2D eigenvalue weighted by atomic mass is 35.5. The van der Waals surface area contributed by atoms with Gasteiger partial charge in [-0.3, -0.25) is 0 Å². The Morgan fingerprint density at radius 2 is 1.90 bits per heavy atom. The van der Waals surface area contributed by atoms with E-state index in [1.807, 2.05) is 0 Å². The van der Waals surface area contributed by atoms with Crippen molar-refractivity contribution in [2.24, 2.45) is 0 Å². The van der Waals surface area contributed by atoms with Crippen LogP contribution >= 0.6 is 22.9 Å². The predicted molar refractivity (Wildman–Crippen MR) is 76.8 cm³/mol. The molecule has 0 saturated heterocycles. The van der Waals surface area contributed by atoms with Gasteiger partial charge in [0.15, 0.2) is 5.58 Å². The summed E-state index contributed by atoms with van der Waals surface area (Å²) in [7, 11) is 0. The van der Waals surface area contributed by atoms with Crippen molar-refractivity contribution in [3.8, 4) is 5.75 Å². The van der Waals surface area contributed by atoms with Gasteiger partial charge in [-0.1, -0.05) is 22.9 Å². The van der Waals surface area contributed by atoms with Crippen LogP contribution in [0.15, 0.2) is 51.7 Å². The van der Waals surface area contributed by atoms with Crippen LogP contribution in [-0.4, -0.2) is 5.97 Å². The third kappa shape index (κ3) is 2.59. The van der Waals surface area contributed by atoms with E-state index in [-0.39, 0.29) is 4.94 Å². The topological polar surface area (TPSA) is 56.5 Å². The second-order valence-electron chi connectivity index (χ2n) is 3.96. The maximum atomic E-state index is 11.9. The number of halogens is 1. The molecule has 3 aromatic rings. The number of hydrogen-bond acceptors (Lipinski definition) is 5. The van der Waals surface area contributed by atoms with Gasteiger partial charge in [0.1, 0.15) is 5.75 Å². The van der Waals surface area contributed by atoms with Gasteiger partial charge >= 0.3 is 10.9 Å². The summed E-state index contributed by atoms with van der Waals surface area (Å²) in [5.74, 6) is -0.183. The SMILES string of the molecule is O=C(Oc1ccc2sc(=O)oc2c1)c1ccc(Cl)cc1. The van der Waals surface area contributed by atoms with E-state index in [1.165, 1.54) is 6.07 Å². The average Bonchev–Trinajstić information content (AvgIpc) is 2.78. The zero-order chi connectivity index (χ0) is 14.1. The first-order valence-corrected chi connectivity index (χ1v) is 6.83. The highest BCUT2D eigenvalue weighted by molar-refractivity contribution is 7.16. The lowest BCUT2D eigenvalue weighted by atomic mass is 10.2. The summed E-state index contributed by atoms with van der Waals surface area (Å²) >= 11 is 6.75. The molecule has 0 amide bonds. The van der Waals surface area contributed by atoms with Crippen molar-refractivity contribution < 1.29 is 13.9 Å². The minimum absolute atomic E-state index is 0.319. The fourth-order valence-corrected chi connectivity index (χ4v) is 2.44. The Morgan fingerprint density at radius 3 is 2.65 bits per heavy atom. The second kappa shape index (κ2) is 5.11. The molecule has 2 aromatic carbocycles. The Hall–Kier alpha value is -2.11. The molecule has 0 bridgehead atoms. The minimum atomic E-state index is -0.501. The van der Waals surface area contributed by atoms with Gasteiger partial charge in [-0.15, -0.1) is 0 Å². The first kappa shape index (κ1) is 12.9. The molecule has 20 heavy (non-hydrogen) atoms. The summed E-state index contributed by atoms with van der Waals surface area (Å²) in [6.07, 6.45) is 0. The number of hydrogen-bond donors (Lipinski definition) is 0. The monoisotopic (exact) mass is 306 g/mol. The lowest BCUT2D eigenvalue weighted by Gasteiger charge is -2.03. The van der Waals surface area contributed by atoms with Crippen LogP contribution in [0, 0.1) is 0 Å². The summed E-state index contributed by atoms with van der Waals surface area (Å²) in [6, 6.07) is 11.2. The highest BCUT2D eigenvalue weighted by Gasteiger charge is 2.10. The van der Waals surface area contributed by atoms with Crippen LogP contribution in [0.3, 0.4) is 0 Å². The largest absolute Gasteiger partial charge is 0.423 e. The maximum Gasteiger partial charge on any atom is 0.396 e. The quantitative estimate of drug-likeness (QED) is 0.535. The molecule has 0 radical (unpaired) electrons. The van der Waals surface area contributed by atoms with E-state index < -0.39 is 5.97 Å². The summed E-state index contributed by atoms with van der Waals surface area (Å²) in [6.45, 7) is 0. The number of carbonyl (C=O) groups is 1. The van der Waals surface area contributed by atoms with Gasteiger partial charge in [-0.25, -0.2) is 9.59 Å². The number of carbonyl (C=O) groups excluding carboxylic acids is 1. The molecule has 4 nitrogen and oxygen atoms in total. The molecule has 0 aliphatic heterocycles. The van der Waals surface area contributed by atoms with Crippen molar-refractivity contribution in [1.29, 1.82) is 0 Å². The average molecular weight is 307 g/mol. The van der Waals surface area contributed by atoms with Crippen molar-refractivity contribution in [3.63, 3.8) is 0 Å². The molecular formula is C14H7ClO4S. The summed E-state index contributed by atoms with van der Waals surface area (Å²) in [4.78, 5) is 22.6. The van der Waals surface area contributed by atoms with Crippen LogP contribution in [-0.2, 0) is 0 Å². The van der Waals surface area contributed by atoms with Gasteiger partial charge in [0, 0.05) is 11.1 Å². The van der Waals surface area contributed by atoms with E-state index in [0.29, 0.717) is 26.6 Å². The third-order valence-corrected chi connectivity index (χ3v) is 3.65. The number of esters is 1. The van der Waals surface area contributed by atoms with Gasteiger partial charge in [-0.05, 0) is 36.4 Å². The first-order chi connectivity index (χ1) is 9.61. The molecule has 0 aliphatic rings. The van der Waals surface area contributed by atoms with Crippen LogP contribution in [0.1, 0.15) is 10.4 Å². The smallest absolute Gasteiger partial charge is 0.396 e. The van der Waals surface area contributed by atoms with Gasteiger partial charge in [-0.2, -0.15) is 0 Å². The normalized spacial score (nSPS) is 10.7. The zero-order valence-electron chi connectivity index (χ0n) is 9.96. The van der Waals surface area contributed by atoms with Crippen molar-refractivity contribution in [1.82, 2.24) is 0 Å². The number of fused-ring (bicyclic) bond motifs is 1. The van der Waals surface area contributed by atoms with Crippen LogP contribution in [0.4, 0.5) is 0 Å². The van der Waals surface area contributed by atoms with E-state index in [4.69, 9.17) is 20.8 Å². The molecule has 0 spiro atoms. The number of rotatable bonds is 2.